The lowest BCUT2D eigenvalue weighted by Gasteiger charge is -2.25. The van der Waals surface area contributed by atoms with Crippen LogP contribution < -0.4 is 0 Å². The van der Waals surface area contributed by atoms with Crippen LogP contribution in [0.4, 0.5) is 0 Å². The smallest absolute Gasteiger partial charge is 0.140 e. The van der Waals surface area contributed by atoms with Gasteiger partial charge in [0.1, 0.15) is 5.78 Å². The van der Waals surface area contributed by atoms with Gasteiger partial charge in [-0.25, -0.2) is 0 Å². The normalized spacial score (nSPS) is 23.2. The van der Waals surface area contributed by atoms with Gasteiger partial charge in [-0.15, -0.1) is 0 Å². The van der Waals surface area contributed by atoms with Crippen LogP contribution in [0.1, 0.15) is 38.7 Å². The van der Waals surface area contributed by atoms with Crippen LogP contribution in [0.15, 0.2) is 30.3 Å². The molecule has 0 saturated heterocycles. The Balaban J connectivity index is 2.04. The lowest BCUT2D eigenvalue weighted by Crippen LogP contribution is -2.27. The Hall–Kier alpha value is -1.11. The molecular weight excluding hydrogens is 196 g/mol. The Labute approximate surface area is 97.9 Å². The maximum absolute atomic E-state index is 12.2. The summed E-state index contributed by atoms with van der Waals surface area (Å²) < 4.78 is 0. The molecular formula is C15H20O. The first-order valence-electron chi connectivity index (χ1n) is 6.16. The molecule has 16 heavy (non-hydrogen) atoms. The van der Waals surface area contributed by atoms with E-state index in [2.05, 4.69) is 13.8 Å². The Bertz CT molecular complexity index is 364. The van der Waals surface area contributed by atoms with Crippen LogP contribution in [0.25, 0.3) is 0 Å². The van der Waals surface area contributed by atoms with Crippen molar-refractivity contribution in [3.8, 4) is 0 Å². The highest BCUT2D eigenvalue weighted by molar-refractivity contribution is 5.84. The third kappa shape index (κ3) is 2.34. The van der Waals surface area contributed by atoms with Crippen molar-refractivity contribution in [2.45, 2.75) is 39.5 Å². The van der Waals surface area contributed by atoms with Crippen molar-refractivity contribution in [1.29, 1.82) is 0 Å². The molecule has 2 rings (SSSR count). The van der Waals surface area contributed by atoms with E-state index in [1.807, 2.05) is 30.3 Å². The molecule has 0 heterocycles. The zero-order valence-corrected chi connectivity index (χ0v) is 10.2. The van der Waals surface area contributed by atoms with Crippen molar-refractivity contribution in [2.75, 3.05) is 0 Å². The highest BCUT2D eigenvalue weighted by Crippen LogP contribution is 2.43. The van der Waals surface area contributed by atoms with Gasteiger partial charge in [0, 0.05) is 12.3 Å². The van der Waals surface area contributed by atoms with Gasteiger partial charge in [0.25, 0.3) is 0 Å². The Morgan fingerprint density at radius 1 is 1.31 bits per heavy atom. The fourth-order valence-electron chi connectivity index (χ4n) is 2.84. The van der Waals surface area contributed by atoms with Crippen LogP contribution in [-0.2, 0) is 11.2 Å². The molecule has 1 aliphatic carbocycles. The molecule has 1 heteroatoms. The first-order valence-corrected chi connectivity index (χ1v) is 6.16. The van der Waals surface area contributed by atoms with Gasteiger partial charge < -0.3 is 0 Å². The third-order valence-electron chi connectivity index (χ3n) is 3.87. The summed E-state index contributed by atoms with van der Waals surface area (Å²) in [5, 5.41) is 0. The van der Waals surface area contributed by atoms with Gasteiger partial charge in [0.05, 0.1) is 0 Å². The number of benzene rings is 1. The number of carbonyl (C=O) groups is 1. The summed E-state index contributed by atoms with van der Waals surface area (Å²) in [4.78, 5) is 12.2. The lowest BCUT2D eigenvalue weighted by atomic mass is 9.78. The Kier molecular flexibility index (Phi) is 3.13. The van der Waals surface area contributed by atoms with E-state index in [0.29, 0.717) is 12.2 Å². The number of hydrogen-bond acceptors (Lipinski definition) is 1. The summed E-state index contributed by atoms with van der Waals surface area (Å²) in [5.74, 6) is 0.696. The summed E-state index contributed by atoms with van der Waals surface area (Å²) in [6.07, 6.45) is 4.09. The summed E-state index contributed by atoms with van der Waals surface area (Å²) >= 11 is 0. The van der Waals surface area contributed by atoms with E-state index in [1.165, 1.54) is 12.8 Å². The molecule has 1 fully saturated rings. The number of Topliss-reactive ketones (excluding diaryl/α,β-unsaturated/α-hetero) is 1. The van der Waals surface area contributed by atoms with E-state index in [0.717, 1.165) is 12.0 Å². The monoisotopic (exact) mass is 216 g/mol. The van der Waals surface area contributed by atoms with E-state index in [1.54, 1.807) is 0 Å². The molecule has 0 radical (unpaired) electrons. The van der Waals surface area contributed by atoms with E-state index in [4.69, 9.17) is 0 Å². The second kappa shape index (κ2) is 4.40. The van der Waals surface area contributed by atoms with Gasteiger partial charge in [-0.2, -0.15) is 0 Å². The molecule has 1 nitrogen and oxygen atoms in total. The summed E-state index contributed by atoms with van der Waals surface area (Å²) in [6, 6.07) is 10.1. The van der Waals surface area contributed by atoms with Crippen LogP contribution in [0.2, 0.25) is 0 Å². The molecule has 0 aromatic heterocycles. The van der Waals surface area contributed by atoms with Crippen LogP contribution in [0.5, 0.6) is 0 Å². The molecule has 0 spiro atoms. The molecule has 0 N–H and O–H groups in total. The zero-order chi connectivity index (χ0) is 11.6. The van der Waals surface area contributed by atoms with Crippen molar-refractivity contribution >= 4 is 5.78 Å². The standard InChI is InChI=1S/C15H20O/c1-15(2)10-6-9-13(15)14(16)11-12-7-4-3-5-8-12/h3-5,7-8,13H,6,9-11H2,1-2H3. The van der Waals surface area contributed by atoms with Gasteiger partial charge in [-0.05, 0) is 23.8 Å². The second-order valence-corrected chi connectivity index (χ2v) is 5.56. The van der Waals surface area contributed by atoms with E-state index in [-0.39, 0.29) is 11.3 Å². The molecule has 1 saturated carbocycles. The van der Waals surface area contributed by atoms with E-state index in [9.17, 15) is 4.79 Å². The first kappa shape index (κ1) is 11.4. The Morgan fingerprint density at radius 2 is 2.00 bits per heavy atom. The van der Waals surface area contributed by atoms with Crippen LogP contribution >= 0.6 is 0 Å². The molecule has 86 valence electrons. The minimum atomic E-state index is 0.214. The number of ketones is 1. The predicted octanol–water partition coefficient (Wildman–Crippen LogP) is 3.62. The number of carbonyl (C=O) groups excluding carboxylic acids is 1. The maximum atomic E-state index is 12.2. The quantitative estimate of drug-likeness (QED) is 0.754. The van der Waals surface area contributed by atoms with Crippen molar-refractivity contribution in [3.05, 3.63) is 35.9 Å². The zero-order valence-electron chi connectivity index (χ0n) is 10.2. The van der Waals surface area contributed by atoms with Gasteiger partial charge in [0.2, 0.25) is 0 Å². The van der Waals surface area contributed by atoms with Crippen LogP contribution in [-0.4, -0.2) is 5.78 Å². The van der Waals surface area contributed by atoms with Crippen molar-refractivity contribution < 1.29 is 4.79 Å². The predicted molar refractivity (Wildman–Crippen MR) is 66.3 cm³/mol. The van der Waals surface area contributed by atoms with Crippen LogP contribution in [0, 0.1) is 11.3 Å². The van der Waals surface area contributed by atoms with Crippen molar-refractivity contribution in [1.82, 2.24) is 0 Å². The SMILES string of the molecule is CC1(C)CCCC1C(=O)Cc1ccccc1. The molecule has 1 aromatic rings. The van der Waals surface area contributed by atoms with Crippen molar-refractivity contribution in [3.63, 3.8) is 0 Å². The fraction of sp³-hybridized carbons (Fsp3) is 0.533. The summed E-state index contributed by atoms with van der Waals surface area (Å²) in [6.45, 7) is 4.46. The van der Waals surface area contributed by atoms with Crippen LogP contribution in [0.3, 0.4) is 0 Å². The minimum absolute atomic E-state index is 0.214. The highest BCUT2D eigenvalue weighted by Gasteiger charge is 2.38. The Morgan fingerprint density at radius 3 is 2.56 bits per heavy atom. The topological polar surface area (TPSA) is 17.1 Å². The van der Waals surface area contributed by atoms with E-state index < -0.39 is 0 Å². The maximum Gasteiger partial charge on any atom is 0.140 e. The average Bonchev–Trinajstić information content (AvgIpc) is 2.59. The highest BCUT2D eigenvalue weighted by atomic mass is 16.1. The van der Waals surface area contributed by atoms with E-state index >= 15 is 0 Å². The van der Waals surface area contributed by atoms with Gasteiger partial charge >= 0.3 is 0 Å². The van der Waals surface area contributed by atoms with Crippen molar-refractivity contribution in [2.24, 2.45) is 11.3 Å². The number of rotatable bonds is 3. The summed E-state index contributed by atoms with van der Waals surface area (Å²) in [5.41, 5.74) is 1.36. The number of hydrogen-bond donors (Lipinski definition) is 0. The second-order valence-electron chi connectivity index (χ2n) is 5.56. The molecule has 0 bridgehead atoms. The molecule has 0 aliphatic heterocycles. The van der Waals surface area contributed by atoms with Gasteiger partial charge in [-0.3, -0.25) is 4.79 Å². The molecule has 1 unspecified atom stereocenters. The molecule has 1 aromatic carbocycles. The largest absolute Gasteiger partial charge is 0.299 e. The fourth-order valence-corrected chi connectivity index (χ4v) is 2.84. The molecule has 0 amide bonds. The lowest BCUT2D eigenvalue weighted by molar-refractivity contribution is -0.124. The minimum Gasteiger partial charge on any atom is -0.299 e. The molecule has 1 aliphatic rings. The summed E-state index contributed by atoms with van der Waals surface area (Å²) in [7, 11) is 0. The molecule has 1 atom stereocenters. The average molecular weight is 216 g/mol. The third-order valence-corrected chi connectivity index (χ3v) is 3.87. The van der Waals surface area contributed by atoms with Gasteiger partial charge in [0.15, 0.2) is 0 Å². The van der Waals surface area contributed by atoms with Gasteiger partial charge in [-0.1, -0.05) is 50.6 Å². The first-order chi connectivity index (χ1) is 7.59.